The SMILES string of the molecule is CC(C)(C)OC(=O)Nc1sc(-c2ccccc2F)nc1C(=O)O.O=C(N[C@@H]1CCCN(c2c([N+](=O)[O-])cnn2CC2CC2)CC1)C(F)(F)F. The number of ether oxygens (including phenoxy) is 1. The van der Waals surface area contributed by atoms with Crippen LogP contribution in [-0.2, 0) is 16.1 Å². The van der Waals surface area contributed by atoms with Crippen molar-refractivity contribution in [1.29, 1.82) is 0 Å². The molecular formula is C30H35F4N7O7S. The predicted octanol–water partition coefficient (Wildman–Crippen LogP) is 6.23. The van der Waals surface area contributed by atoms with E-state index < -0.39 is 46.5 Å². The summed E-state index contributed by atoms with van der Waals surface area (Å²) < 4.78 is 57.8. The van der Waals surface area contributed by atoms with Gasteiger partial charge < -0.3 is 20.1 Å². The van der Waals surface area contributed by atoms with E-state index in [4.69, 9.17) is 4.74 Å². The molecule has 2 amide bonds. The van der Waals surface area contributed by atoms with Crippen LogP contribution >= 0.6 is 11.3 Å². The molecule has 2 aromatic heterocycles. The minimum absolute atomic E-state index is 0.00926. The van der Waals surface area contributed by atoms with Crippen LogP contribution in [-0.4, -0.2) is 73.7 Å². The maximum absolute atomic E-state index is 13.8. The number of aromatic nitrogens is 3. The molecule has 19 heteroatoms. The van der Waals surface area contributed by atoms with Crippen molar-refractivity contribution < 1.29 is 46.7 Å². The molecule has 49 heavy (non-hydrogen) atoms. The number of amides is 2. The van der Waals surface area contributed by atoms with Crippen LogP contribution in [0.3, 0.4) is 0 Å². The summed E-state index contributed by atoms with van der Waals surface area (Å²) >= 11 is 0.866. The number of thiazole rings is 1. The number of nitrogens with zero attached hydrogens (tertiary/aromatic N) is 5. The van der Waals surface area contributed by atoms with E-state index in [0.717, 1.165) is 24.2 Å². The Morgan fingerprint density at radius 3 is 2.41 bits per heavy atom. The van der Waals surface area contributed by atoms with E-state index in [-0.39, 0.29) is 33.4 Å². The summed E-state index contributed by atoms with van der Waals surface area (Å²) in [5, 5.41) is 29.2. The van der Waals surface area contributed by atoms with Crippen molar-refractivity contribution in [3.8, 4) is 10.6 Å². The van der Waals surface area contributed by atoms with Crippen LogP contribution in [0.5, 0.6) is 0 Å². The van der Waals surface area contributed by atoms with Gasteiger partial charge in [0, 0.05) is 31.2 Å². The zero-order valence-corrected chi connectivity index (χ0v) is 27.6. The largest absolute Gasteiger partial charge is 0.476 e. The number of halogens is 4. The Morgan fingerprint density at radius 2 is 1.82 bits per heavy atom. The lowest BCUT2D eigenvalue weighted by molar-refractivity contribution is -0.384. The minimum atomic E-state index is -4.91. The van der Waals surface area contributed by atoms with Gasteiger partial charge in [0.25, 0.3) is 0 Å². The number of carbonyl (C=O) groups excluding carboxylic acids is 2. The van der Waals surface area contributed by atoms with Crippen LogP contribution in [0.15, 0.2) is 30.5 Å². The molecule has 3 aromatic rings. The van der Waals surface area contributed by atoms with Crippen LogP contribution in [0.2, 0.25) is 0 Å². The monoisotopic (exact) mass is 713 g/mol. The highest BCUT2D eigenvalue weighted by molar-refractivity contribution is 7.19. The van der Waals surface area contributed by atoms with E-state index in [9.17, 15) is 47.2 Å². The average molecular weight is 714 g/mol. The lowest BCUT2D eigenvalue weighted by atomic mass is 10.1. The predicted molar refractivity (Wildman–Crippen MR) is 170 cm³/mol. The van der Waals surface area contributed by atoms with Gasteiger partial charge in [0.05, 0.1) is 4.92 Å². The molecule has 1 aromatic carbocycles. The number of hydrogen-bond acceptors (Lipinski definition) is 10. The molecule has 0 spiro atoms. The van der Waals surface area contributed by atoms with Gasteiger partial charge in [0.1, 0.15) is 27.6 Å². The molecule has 266 valence electrons. The molecular weight excluding hydrogens is 678 g/mol. The average Bonchev–Trinajstić information content (AvgIpc) is 3.63. The summed E-state index contributed by atoms with van der Waals surface area (Å²) in [6.45, 7) is 6.44. The zero-order chi connectivity index (χ0) is 36.1. The van der Waals surface area contributed by atoms with Crippen molar-refractivity contribution in [3.63, 3.8) is 0 Å². The molecule has 2 aliphatic rings. The molecule has 0 radical (unpaired) electrons. The first-order chi connectivity index (χ1) is 22.9. The first kappa shape index (κ1) is 37.0. The molecule has 1 atom stereocenters. The molecule has 14 nitrogen and oxygen atoms in total. The minimum Gasteiger partial charge on any atom is -0.476 e. The first-order valence-corrected chi connectivity index (χ1v) is 16.1. The maximum atomic E-state index is 13.8. The molecule has 2 fully saturated rings. The van der Waals surface area contributed by atoms with E-state index in [1.807, 2.05) is 5.32 Å². The van der Waals surface area contributed by atoms with E-state index in [1.165, 1.54) is 24.4 Å². The summed E-state index contributed by atoms with van der Waals surface area (Å²) in [7, 11) is 0. The van der Waals surface area contributed by atoms with Gasteiger partial charge >= 0.3 is 29.8 Å². The van der Waals surface area contributed by atoms with Crippen LogP contribution < -0.4 is 15.5 Å². The molecule has 0 unspecified atom stereocenters. The Balaban J connectivity index is 0.000000223. The number of rotatable bonds is 8. The third kappa shape index (κ3) is 10.3. The lowest BCUT2D eigenvalue weighted by Crippen LogP contribution is -2.43. The van der Waals surface area contributed by atoms with Crippen LogP contribution in [0, 0.1) is 21.8 Å². The summed E-state index contributed by atoms with van der Waals surface area (Å²) in [4.78, 5) is 50.7. The fraction of sp³-hybridized carbons (Fsp3) is 0.500. The number of hydrogen-bond donors (Lipinski definition) is 3. The number of carboxylic acid groups (broad SMARTS) is 1. The topological polar surface area (TPSA) is 182 Å². The van der Waals surface area contributed by atoms with Crippen molar-refractivity contribution in [2.45, 2.75) is 77.2 Å². The number of aromatic carboxylic acids is 1. The van der Waals surface area contributed by atoms with Gasteiger partial charge in [-0.3, -0.25) is 20.2 Å². The van der Waals surface area contributed by atoms with E-state index in [1.54, 1.807) is 36.4 Å². The number of nitrogens with one attached hydrogen (secondary N) is 2. The molecule has 3 heterocycles. The van der Waals surface area contributed by atoms with Gasteiger partial charge in [-0.25, -0.2) is 23.6 Å². The molecule has 1 aliphatic carbocycles. The number of alkyl halides is 3. The standard InChI is InChI=1S/C15H20F3N5O3.C15H15FN2O4S/c16-15(17,18)14(24)20-11-2-1-6-21(7-5-11)13-12(23(25)26)8-19-22(13)9-10-3-4-10;1-15(2,3)22-14(21)18-12-10(13(19)20)17-11(23-12)8-6-4-5-7-9(8)16/h8,10-11H,1-7,9H2,(H,20,24);4-7H,1-3H3,(H,18,21)(H,19,20)/t11-;/m1./s1. The number of carboxylic acids is 1. The first-order valence-electron chi connectivity index (χ1n) is 15.2. The fourth-order valence-electron chi connectivity index (χ4n) is 4.92. The highest BCUT2D eigenvalue weighted by atomic mass is 32.1. The van der Waals surface area contributed by atoms with Crippen molar-refractivity contribution in [2.75, 3.05) is 23.3 Å². The molecule has 0 bridgehead atoms. The zero-order valence-electron chi connectivity index (χ0n) is 26.8. The molecule has 1 saturated carbocycles. The number of anilines is 2. The van der Waals surface area contributed by atoms with Crippen LogP contribution in [0.25, 0.3) is 10.6 Å². The Morgan fingerprint density at radius 1 is 1.12 bits per heavy atom. The van der Waals surface area contributed by atoms with Gasteiger partial charge in [-0.1, -0.05) is 23.5 Å². The Labute approximate surface area is 281 Å². The smallest absolute Gasteiger partial charge is 0.471 e. The number of nitro groups is 1. The number of benzene rings is 1. The molecule has 1 saturated heterocycles. The fourth-order valence-corrected chi connectivity index (χ4v) is 5.89. The number of carbonyl (C=O) groups is 3. The van der Waals surface area contributed by atoms with E-state index in [2.05, 4.69) is 15.4 Å². The highest BCUT2D eigenvalue weighted by Crippen LogP contribution is 2.36. The van der Waals surface area contributed by atoms with Crippen molar-refractivity contribution in [3.05, 3.63) is 52.1 Å². The Hall–Kier alpha value is -4.81. The van der Waals surface area contributed by atoms with Gasteiger partial charge in [-0.15, -0.1) is 0 Å². The van der Waals surface area contributed by atoms with Crippen LogP contribution in [0.4, 0.5) is 38.9 Å². The maximum Gasteiger partial charge on any atom is 0.471 e. The molecule has 3 N–H and O–H groups in total. The summed E-state index contributed by atoms with van der Waals surface area (Å²) in [6.07, 6.45) is -1.15. The Bertz CT molecular complexity index is 1690. The second-order valence-corrected chi connectivity index (χ2v) is 13.4. The second kappa shape index (κ2) is 15.2. The Kier molecular flexibility index (Phi) is 11.5. The van der Waals surface area contributed by atoms with E-state index in [0.29, 0.717) is 44.2 Å². The third-order valence-corrected chi connectivity index (χ3v) is 8.29. The lowest BCUT2D eigenvalue weighted by Gasteiger charge is -2.23. The van der Waals surface area contributed by atoms with Gasteiger partial charge in [-0.2, -0.15) is 18.3 Å². The van der Waals surface area contributed by atoms with Crippen LogP contribution in [0.1, 0.15) is 63.4 Å². The van der Waals surface area contributed by atoms with Crippen molar-refractivity contribution >= 4 is 45.8 Å². The van der Waals surface area contributed by atoms with E-state index >= 15 is 0 Å². The summed E-state index contributed by atoms with van der Waals surface area (Å²) in [5.41, 5.74) is -1.02. The third-order valence-electron chi connectivity index (χ3n) is 7.29. The van der Waals surface area contributed by atoms with Gasteiger partial charge in [0.2, 0.25) is 5.82 Å². The highest BCUT2D eigenvalue weighted by Gasteiger charge is 2.40. The normalized spacial score (nSPS) is 16.6. The quantitative estimate of drug-likeness (QED) is 0.137. The summed E-state index contributed by atoms with van der Waals surface area (Å²) in [6, 6.07) is 5.26. The summed E-state index contributed by atoms with van der Waals surface area (Å²) in [5.74, 6) is -2.92. The van der Waals surface area contributed by atoms with Crippen molar-refractivity contribution in [2.24, 2.45) is 5.92 Å². The second-order valence-electron chi connectivity index (χ2n) is 12.4. The molecule has 1 aliphatic heterocycles. The van der Waals surface area contributed by atoms with Gasteiger partial charge in [-0.05, 0) is 70.9 Å². The van der Waals surface area contributed by atoms with Crippen molar-refractivity contribution in [1.82, 2.24) is 20.1 Å². The molecule has 5 rings (SSSR count). The van der Waals surface area contributed by atoms with Gasteiger partial charge in [0.15, 0.2) is 5.69 Å².